The summed E-state index contributed by atoms with van der Waals surface area (Å²) in [6.07, 6.45) is 0. The number of hydrogen-bond acceptors (Lipinski definition) is 4. The van der Waals surface area contributed by atoms with Crippen LogP contribution < -0.4 is 15.1 Å². The lowest BCUT2D eigenvalue weighted by Crippen LogP contribution is -2.63. The van der Waals surface area contributed by atoms with E-state index in [2.05, 4.69) is 21.2 Å². The minimum absolute atomic E-state index is 0.114. The van der Waals surface area contributed by atoms with Crippen molar-refractivity contribution in [3.63, 3.8) is 0 Å². The molecular weight excluding hydrogens is 508 g/mol. The summed E-state index contributed by atoms with van der Waals surface area (Å²) in [5.41, 5.74) is 1.28. The van der Waals surface area contributed by atoms with Crippen LogP contribution in [0.3, 0.4) is 0 Å². The molecule has 1 N–H and O–H groups in total. The van der Waals surface area contributed by atoms with Crippen molar-refractivity contribution in [2.24, 2.45) is 0 Å². The Kier molecular flexibility index (Phi) is 5.84. The van der Waals surface area contributed by atoms with Gasteiger partial charge in [0.2, 0.25) is 11.6 Å². The number of carbonyl (C=O) groups excluding carboxylic acids is 3. The summed E-state index contributed by atoms with van der Waals surface area (Å²) in [6, 6.07) is 21.8. The number of hydrogen-bond donors (Lipinski definition) is 1. The highest BCUT2D eigenvalue weighted by atomic mass is 79.9. The van der Waals surface area contributed by atoms with Crippen LogP contribution in [0.1, 0.15) is 29.8 Å². The molecule has 3 aromatic rings. The largest absolute Gasteiger partial charge is 0.350 e. The zero-order valence-corrected chi connectivity index (χ0v) is 21.1. The van der Waals surface area contributed by atoms with Crippen molar-refractivity contribution in [3.05, 3.63) is 88.4 Å². The Morgan fingerprint density at radius 1 is 0.971 bits per heavy atom. The van der Waals surface area contributed by atoms with E-state index in [-0.39, 0.29) is 24.3 Å². The van der Waals surface area contributed by atoms with E-state index in [0.29, 0.717) is 41.3 Å². The maximum Gasteiger partial charge on any atom is 0.279 e. The first-order valence-electron chi connectivity index (χ1n) is 11.6. The number of halogens is 1. The maximum absolute atomic E-state index is 14.4. The number of nitrogens with one attached hydrogen (secondary N) is 1. The zero-order chi connectivity index (χ0) is 24.7. The average Bonchev–Trinajstić information content (AvgIpc) is 3.08. The van der Waals surface area contributed by atoms with Crippen molar-refractivity contribution in [1.82, 2.24) is 4.90 Å². The molecule has 2 aliphatic rings. The van der Waals surface area contributed by atoms with Gasteiger partial charge in [-0.05, 0) is 56.3 Å². The van der Waals surface area contributed by atoms with E-state index >= 15 is 0 Å². The number of benzene rings is 3. The Morgan fingerprint density at radius 3 is 2.37 bits per heavy atom. The van der Waals surface area contributed by atoms with Gasteiger partial charge in [0, 0.05) is 34.5 Å². The lowest BCUT2D eigenvalue weighted by Gasteiger charge is -2.45. The monoisotopic (exact) mass is 532 g/mol. The molecule has 178 valence electrons. The average molecular weight is 533 g/mol. The first-order chi connectivity index (χ1) is 16.9. The van der Waals surface area contributed by atoms with Crippen LogP contribution in [-0.2, 0) is 15.3 Å². The number of fused-ring (bicyclic) bond motifs is 3. The third-order valence-corrected chi connectivity index (χ3v) is 7.12. The van der Waals surface area contributed by atoms with Crippen LogP contribution in [0, 0.1) is 0 Å². The third-order valence-electron chi connectivity index (χ3n) is 6.63. The van der Waals surface area contributed by atoms with Crippen LogP contribution in [0.4, 0.5) is 17.1 Å². The number of anilines is 3. The smallest absolute Gasteiger partial charge is 0.279 e. The topological polar surface area (TPSA) is 73.0 Å². The van der Waals surface area contributed by atoms with Gasteiger partial charge in [-0.2, -0.15) is 0 Å². The van der Waals surface area contributed by atoms with Crippen LogP contribution in [0.2, 0.25) is 0 Å². The molecule has 0 saturated carbocycles. The molecule has 0 bridgehead atoms. The lowest BCUT2D eigenvalue weighted by atomic mass is 9.92. The van der Waals surface area contributed by atoms with Crippen molar-refractivity contribution >= 4 is 50.7 Å². The molecule has 2 aliphatic heterocycles. The van der Waals surface area contributed by atoms with Gasteiger partial charge in [0.1, 0.15) is 6.54 Å². The molecule has 1 spiro atoms. The summed E-state index contributed by atoms with van der Waals surface area (Å²) in [7, 11) is 0. The Balaban J connectivity index is 1.73. The highest BCUT2D eigenvalue weighted by molar-refractivity contribution is 9.10. The summed E-state index contributed by atoms with van der Waals surface area (Å²) in [5.74, 6) is -0.817. The second-order valence-corrected chi connectivity index (χ2v) is 9.39. The second kappa shape index (κ2) is 8.85. The van der Waals surface area contributed by atoms with Gasteiger partial charge in [0.25, 0.3) is 11.8 Å². The van der Waals surface area contributed by atoms with E-state index in [0.717, 1.165) is 4.47 Å². The van der Waals surface area contributed by atoms with Gasteiger partial charge in [-0.1, -0.05) is 46.3 Å². The second-order valence-electron chi connectivity index (χ2n) is 8.48. The van der Waals surface area contributed by atoms with Crippen molar-refractivity contribution in [2.75, 3.05) is 34.8 Å². The summed E-state index contributed by atoms with van der Waals surface area (Å²) < 4.78 is 0.765. The minimum atomic E-state index is -1.55. The molecular formula is C27H25BrN4O3. The lowest BCUT2D eigenvalue weighted by molar-refractivity contribution is -0.131. The number of carbonyl (C=O) groups is 3. The van der Waals surface area contributed by atoms with Crippen LogP contribution in [0.5, 0.6) is 0 Å². The Morgan fingerprint density at radius 2 is 1.66 bits per heavy atom. The molecule has 5 rings (SSSR count). The molecule has 3 aromatic carbocycles. The molecule has 0 fully saturated rings. The fourth-order valence-corrected chi connectivity index (χ4v) is 5.31. The van der Waals surface area contributed by atoms with Gasteiger partial charge >= 0.3 is 0 Å². The van der Waals surface area contributed by atoms with Crippen molar-refractivity contribution in [3.8, 4) is 0 Å². The maximum atomic E-state index is 14.4. The fourth-order valence-electron chi connectivity index (χ4n) is 4.95. The van der Waals surface area contributed by atoms with Crippen molar-refractivity contribution in [1.29, 1.82) is 0 Å². The molecule has 8 heteroatoms. The van der Waals surface area contributed by atoms with Crippen LogP contribution in [0.25, 0.3) is 0 Å². The third kappa shape index (κ3) is 3.51. The van der Waals surface area contributed by atoms with Crippen LogP contribution in [-0.4, -0.2) is 42.3 Å². The van der Waals surface area contributed by atoms with Gasteiger partial charge in [-0.3, -0.25) is 24.2 Å². The SMILES string of the molecule is CCN(CC)C(=O)CN1C(=O)C2(Nc3ccccc3C(=O)N2c2ccccc2)c2cc(Br)ccc21. The number of rotatable bonds is 5. The molecule has 0 aromatic heterocycles. The van der Waals surface area contributed by atoms with E-state index < -0.39 is 5.66 Å². The first kappa shape index (κ1) is 23.1. The van der Waals surface area contributed by atoms with Gasteiger partial charge in [0.05, 0.1) is 11.3 Å². The molecule has 7 nitrogen and oxygen atoms in total. The fraction of sp³-hybridized carbons (Fsp3) is 0.222. The predicted octanol–water partition coefficient (Wildman–Crippen LogP) is 4.59. The molecule has 3 amide bonds. The van der Waals surface area contributed by atoms with E-state index in [4.69, 9.17) is 0 Å². The van der Waals surface area contributed by atoms with Crippen molar-refractivity contribution in [2.45, 2.75) is 19.5 Å². The zero-order valence-electron chi connectivity index (χ0n) is 19.5. The van der Waals surface area contributed by atoms with E-state index in [9.17, 15) is 14.4 Å². The highest BCUT2D eigenvalue weighted by Gasteiger charge is 2.60. The standard InChI is InChI=1S/C27H25BrN4O3/c1-3-30(4-2)24(33)17-31-23-15-14-18(28)16-21(23)27(26(31)35)29-22-13-9-8-12-20(22)25(34)32(27)19-10-6-5-7-11-19/h5-16,29H,3-4,17H2,1-2H3. The quantitative estimate of drug-likeness (QED) is 0.521. The number of amides is 3. The molecule has 0 saturated heterocycles. The number of likely N-dealkylation sites (N-methyl/N-ethyl adjacent to an activating group) is 1. The highest BCUT2D eigenvalue weighted by Crippen LogP contribution is 2.50. The molecule has 1 atom stereocenters. The van der Waals surface area contributed by atoms with E-state index in [1.54, 1.807) is 23.1 Å². The van der Waals surface area contributed by atoms with E-state index in [1.165, 1.54) is 9.80 Å². The predicted molar refractivity (Wildman–Crippen MR) is 139 cm³/mol. The number of nitrogens with zero attached hydrogens (tertiary/aromatic N) is 3. The van der Waals surface area contributed by atoms with E-state index in [1.807, 2.05) is 68.4 Å². The van der Waals surface area contributed by atoms with Gasteiger partial charge in [-0.25, -0.2) is 0 Å². The van der Waals surface area contributed by atoms with Gasteiger partial charge in [0.15, 0.2) is 0 Å². The number of para-hydroxylation sites is 2. The molecule has 0 radical (unpaired) electrons. The molecule has 1 unspecified atom stereocenters. The molecule has 2 heterocycles. The summed E-state index contributed by atoms with van der Waals surface area (Å²) in [6.45, 7) is 4.81. The van der Waals surface area contributed by atoms with Crippen LogP contribution in [0.15, 0.2) is 77.3 Å². The Hall–Kier alpha value is -3.65. The Bertz CT molecular complexity index is 1330. The minimum Gasteiger partial charge on any atom is -0.350 e. The summed E-state index contributed by atoms with van der Waals surface area (Å²) >= 11 is 3.54. The van der Waals surface area contributed by atoms with Gasteiger partial charge < -0.3 is 10.2 Å². The Labute approximate surface area is 212 Å². The first-order valence-corrected chi connectivity index (χ1v) is 12.4. The summed E-state index contributed by atoms with van der Waals surface area (Å²) in [5, 5.41) is 3.41. The van der Waals surface area contributed by atoms with Crippen LogP contribution >= 0.6 is 15.9 Å². The van der Waals surface area contributed by atoms with Crippen molar-refractivity contribution < 1.29 is 14.4 Å². The molecule has 0 aliphatic carbocycles. The summed E-state index contributed by atoms with van der Waals surface area (Å²) in [4.78, 5) is 46.2. The molecule has 35 heavy (non-hydrogen) atoms. The van der Waals surface area contributed by atoms with Gasteiger partial charge in [-0.15, -0.1) is 0 Å². The normalized spacial score (nSPS) is 18.4.